The van der Waals surface area contributed by atoms with Crippen LogP contribution in [0.4, 0.5) is 32.2 Å². The lowest BCUT2D eigenvalue weighted by molar-refractivity contribution is -0.141. The summed E-state index contributed by atoms with van der Waals surface area (Å²) in [7, 11) is 1.28. The first-order valence-electron chi connectivity index (χ1n) is 9.53. The van der Waals surface area contributed by atoms with Gasteiger partial charge in [-0.15, -0.1) is 0 Å². The molecule has 4 rings (SSSR count). The van der Waals surface area contributed by atoms with Gasteiger partial charge >= 0.3 is 12.4 Å². The van der Waals surface area contributed by atoms with Crippen molar-refractivity contribution in [3.63, 3.8) is 0 Å². The molecule has 176 valence electrons. The van der Waals surface area contributed by atoms with Gasteiger partial charge in [0, 0.05) is 28.1 Å². The zero-order valence-corrected chi connectivity index (χ0v) is 18.0. The minimum atomic E-state index is -4.59. The first-order chi connectivity index (χ1) is 16.1. The molecule has 34 heavy (non-hydrogen) atoms. The Labute approximate surface area is 193 Å². The molecule has 4 aromatic rings. The standard InChI is InChI=1S/C22H14F6N4OS/c1-33-17-9-13(21(23,24)25)2-4-16(17)20-15-5-3-14(8-12(15)6-7-29-20)34-32-19-10-18(22(26,27)28)30-11-31-19/h2-11H,1H3,(H,30,31,32). The van der Waals surface area contributed by atoms with Crippen molar-refractivity contribution in [2.75, 3.05) is 11.8 Å². The quantitative estimate of drug-likeness (QED) is 0.241. The summed E-state index contributed by atoms with van der Waals surface area (Å²) in [5, 5.41) is 1.38. The van der Waals surface area contributed by atoms with E-state index in [1.807, 2.05) is 0 Å². The van der Waals surface area contributed by atoms with Crippen molar-refractivity contribution < 1.29 is 31.1 Å². The van der Waals surface area contributed by atoms with Crippen LogP contribution in [0.25, 0.3) is 22.0 Å². The summed E-state index contributed by atoms with van der Waals surface area (Å²) >= 11 is 1.04. The molecular formula is C22H14F6N4OS. The summed E-state index contributed by atoms with van der Waals surface area (Å²) < 4.78 is 85.6. The molecule has 0 atom stereocenters. The summed E-state index contributed by atoms with van der Waals surface area (Å²) in [4.78, 5) is 12.0. The first kappa shape index (κ1) is 23.6. The van der Waals surface area contributed by atoms with Gasteiger partial charge in [-0.2, -0.15) is 26.3 Å². The van der Waals surface area contributed by atoms with Gasteiger partial charge in [0.2, 0.25) is 0 Å². The minimum absolute atomic E-state index is 0.0164. The summed E-state index contributed by atoms with van der Waals surface area (Å²) in [5.41, 5.74) is -1.08. The first-order valence-corrected chi connectivity index (χ1v) is 10.3. The van der Waals surface area contributed by atoms with Crippen molar-refractivity contribution in [1.29, 1.82) is 0 Å². The third-order valence-electron chi connectivity index (χ3n) is 4.75. The van der Waals surface area contributed by atoms with E-state index in [0.29, 0.717) is 21.5 Å². The zero-order valence-electron chi connectivity index (χ0n) is 17.2. The fourth-order valence-electron chi connectivity index (χ4n) is 3.18. The molecule has 0 aliphatic heterocycles. The molecule has 2 heterocycles. The predicted molar refractivity (Wildman–Crippen MR) is 115 cm³/mol. The van der Waals surface area contributed by atoms with Gasteiger partial charge in [0.15, 0.2) is 0 Å². The van der Waals surface area contributed by atoms with Gasteiger partial charge in [0.25, 0.3) is 0 Å². The fraction of sp³-hybridized carbons (Fsp3) is 0.136. The summed E-state index contributed by atoms with van der Waals surface area (Å²) in [6, 6.07) is 10.9. The molecule has 0 unspecified atom stereocenters. The van der Waals surface area contributed by atoms with E-state index in [-0.39, 0.29) is 11.6 Å². The molecule has 0 aliphatic rings. The van der Waals surface area contributed by atoms with E-state index in [1.165, 1.54) is 19.4 Å². The van der Waals surface area contributed by atoms with Crippen molar-refractivity contribution in [2.24, 2.45) is 0 Å². The molecule has 0 fully saturated rings. The second kappa shape index (κ2) is 9.01. The van der Waals surface area contributed by atoms with Gasteiger partial charge in [0.1, 0.15) is 23.6 Å². The van der Waals surface area contributed by atoms with Gasteiger partial charge < -0.3 is 9.46 Å². The van der Waals surface area contributed by atoms with Crippen molar-refractivity contribution in [3.05, 3.63) is 72.3 Å². The Bertz CT molecular complexity index is 1340. The van der Waals surface area contributed by atoms with Crippen molar-refractivity contribution >= 4 is 28.5 Å². The Morgan fingerprint density at radius 1 is 0.853 bits per heavy atom. The summed E-state index contributed by atoms with van der Waals surface area (Å²) in [6.07, 6.45) is -6.77. The number of halogens is 6. The Morgan fingerprint density at radius 2 is 1.65 bits per heavy atom. The Hall–Kier alpha value is -3.54. The van der Waals surface area contributed by atoms with Gasteiger partial charge in [0.05, 0.1) is 18.4 Å². The minimum Gasteiger partial charge on any atom is -0.496 e. The molecule has 0 saturated carbocycles. The normalized spacial score (nSPS) is 12.1. The molecule has 1 N–H and O–H groups in total. The number of hydrogen-bond acceptors (Lipinski definition) is 6. The second-order valence-corrected chi connectivity index (χ2v) is 7.83. The monoisotopic (exact) mass is 496 g/mol. The number of fused-ring (bicyclic) bond motifs is 1. The predicted octanol–water partition coefficient (Wildman–Crippen LogP) is 6.86. The number of nitrogens with one attached hydrogen (secondary N) is 1. The topological polar surface area (TPSA) is 59.9 Å². The Balaban J connectivity index is 1.63. The maximum atomic E-state index is 13.1. The van der Waals surface area contributed by atoms with Crippen LogP contribution in [0.1, 0.15) is 11.3 Å². The number of rotatable bonds is 5. The third-order valence-corrected chi connectivity index (χ3v) is 5.55. The number of hydrogen-bond donors (Lipinski definition) is 1. The lowest BCUT2D eigenvalue weighted by atomic mass is 10.0. The Morgan fingerprint density at radius 3 is 2.35 bits per heavy atom. The van der Waals surface area contributed by atoms with Crippen molar-refractivity contribution in [1.82, 2.24) is 15.0 Å². The second-order valence-electron chi connectivity index (χ2n) is 6.95. The van der Waals surface area contributed by atoms with E-state index in [4.69, 9.17) is 4.74 Å². The van der Waals surface area contributed by atoms with Crippen LogP contribution in [0.3, 0.4) is 0 Å². The molecule has 12 heteroatoms. The van der Waals surface area contributed by atoms with Crippen molar-refractivity contribution in [3.8, 4) is 17.0 Å². The molecule has 0 spiro atoms. The number of ether oxygens (including phenoxy) is 1. The average Bonchev–Trinajstić information content (AvgIpc) is 2.81. The van der Waals surface area contributed by atoms with Gasteiger partial charge in [-0.25, -0.2) is 9.97 Å². The maximum absolute atomic E-state index is 13.1. The number of methoxy groups -OCH3 is 1. The third kappa shape index (κ3) is 5.01. The van der Waals surface area contributed by atoms with Crippen LogP contribution in [0.2, 0.25) is 0 Å². The number of benzene rings is 2. The van der Waals surface area contributed by atoms with Crippen molar-refractivity contribution in [2.45, 2.75) is 17.2 Å². The fourth-order valence-corrected chi connectivity index (χ4v) is 3.83. The van der Waals surface area contributed by atoms with E-state index in [1.54, 1.807) is 24.3 Å². The van der Waals surface area contributed by atoms with Crippen LogP contribution < -0.4 is 9.46 Å². The highest BCUT2D eigenvalue weighted by Gasteiger charge is 2.33. The number of anilines is 1. The molecule has 0 radical (unpaired) electrons. The summed E-state index contributed by atoms with van der Waals surface area (Å²) in [6.45, 7) is 0. The molecular weight excluding hydrogens is 482 g/mol. The van der Waals surface area contributed by atoms with Crippen LogP contribution in [-0.4, -0.2) is 22.1 Å². The lowest BCUT2D eigenvalue weighted by Gasteiger charge is -2.14. The van der Waals surface area contributed by atoms with E-state index in [9.17, 15) is 26.3 Å². The smallest absolute Gasteiger partial charge is 0.433 e. The van der Waals surface area contributed by atoms with Crippen LogP contribution in [-0.2, 0) is 12.4 Å². The molecule has 0 saturated heterocycles. The number of pyridine rings is 1. The highest BCUT2D eigenvalue weighted by atomic mass is 32.2. The summed E-state index contributed by atoms with van der Waals surface area (Å²) in [5.74, 6) is 0.0107. The largest absolute Gasteiger partial charge is 0.496 e. The molecule has 5 nitrogen and oxygen atoms in total. The van der Waals surface area contributed by atoms with Gasteiger partial charge in [-0.1, -0.05) is 6.07 Å². The van der Waals surface area contributed by atoms with E-state index in [0.717, 1.165) is 41.9 Å². The number of nitrogens with zero attached hydrogens (tertiary/aromatic N) is 3. The molecule has 0 amide bonds. The zero-order chi connectivity index (χ0) is 24.5. The number of alkyl halides is 6. The SMILES string of the molecule is COc1cc(C(F)(F)F)ccc1-c1nccc2cc(SNc3cc(C(F)(F)F)ncn3)ccc12. The van der Waals surface area contributed by atoms with Crippen LogP contribution in [0, 0.1) is 0 Å². The molecule has 2 aromatic heterocycles. The number of aromatic nitrogens is 3. The maximum Gasteiger partial charge on any atom is 0.433 e. The van der Waals surface area contributed by atoms with Crippen LogP contribution in [0.15, 0.2) is 66.0 Å². The van der Waals surface area contributed by atoms with Crippen LogP contribution >= 0.6 is 11.9 Å². The highest BCUT2D eigenvalue weighted by molar-refractivity contribution is 8.00. The molecule has 0 aliphatic carbocycles. The molecule has 2 aromatic carbocycles. The van der Waals surface area contributed by atoms with Gasteiger partial charge in [-0.05, 0) is 53.7 Å². The molecule has 0 bridgehead atoms. The van der Waals surface area contributed by atoms with E-state index < -0.39 is 23.6 Å². The van der Waals surface area contributed by atoms with Gasteiger partial charge in [-0.3, -0.25) is 4.98 Å². The Kier molecular flexibility index (Phi) is 6.26. The highest BCUT2D eigenvalue weighted by Crippen LogP contribution is 2.39. The van der Waals surface area contributed by atoms with E-state index in [2.05, 4.69) is 19.7 Å². The average molecular weight is 496 g/mol. The van der Waals surface area contributed by atoms with E-state index >= 15 is 0 Å². The lowest BCUT2D eigenvalue weighted by Crippen LogP contribution is -2.08. The van der Waals surface area contributed by atoms with Crippen LogP contribution in [0.5, 0.6) is 5.75 Å².